The van der Waals surface area contributed by atoms with Crippen molar-refractivity contribution in [2.75, 3.05) is 53.0 Å². The quantitative estimate of drug-likeness (QED) is 0.145. The van der Waals surface area contributed by atoms with E-state index in [2.05, 4.69) is 74.7 Å². The number of aromatic nitrogens is 2. The SMILES string of the molecule is CCCCN=C(N)NC(=O)CCc1ccc(-c2ccc(CN3CCN(Cc4cnn(C)c4)CC3)cc2)c(OCCCOC)c1. The lowest BCUT2D eigenvalue weighted by molar-refractivity contribution is -0.119. The summed E-state index contributed by atoms with van der Waals surface area (Å²) in [6.07, 6.45) is 7.74. The fourth-order valence-electron chi connectivity index (χ4n) is 5.29. The molecule has 3 N–H and O–H groups in total. The number of rotatable bonds is 16. The molecule has 0 atom stereocenters. The molecule has 1 amide bonds. The van der Waals surface area contributed by atoms with Gasteiger partial charge in [0.1, 0.15) is 5.75 Å². The Morgan fingerprint density at radius 1 is 0.977 bits per heavy atom. The summed E-state index contributed by atoms with van der Waals surface area (Å²) >= 11 is 0. The number of ether oxygens (including phenoxy) is 2. The summed E-state index contributed by atoms with van der Waals surface area (Å²) in [5.74, 6) is 0.865. The van der Waals surface area contributed by atoms with Gasteiger partial charge in [0.15, 0.2) is 5.96 Å². The number of unbranched alkanes of at least 4 members (excludes halogenated alkanes) is 1. The average Bonchev–Trinajstić information content (AvgIpc) is 3.44. The highest BCUT2D eigenvalue weighted by molar-refractivity contribution is 5.96. The van der Waals surface area contributed by atoms with E-state index in [0.717, 1.165) is 81.0 Å². The van der Waals surface area contributed by atoms with Crippen LogP contribution in [0.5, 0.6) is 5.75 Å². The number of amides is 1. The molecule has 10 heteroatoms. The van der Waals surface area contributed by atoms with Gasteiger partial charge in [0, 0.05) is 96.7 Å². The van der Waals surface area contributed by atoms with E-state index in [1.807, 2.05) is 24.0 Å². The lowest BCUT2D eigenvalue weighted by Crippen LogP contribution is -2.45. The number of carbonyl (C=O) groups excluding carboxylic acids is 1. The number of hydrogen-bond acceptors (Lipinski definition) is 7. The summed E-state index contributed by atoms with van der Waals surface area (Å²) in [4.78, 5) is 21.6. The zero-order chi connectivity index (χ0) is 31.1. The van der Waals surface area contributed by atoms with Gasteiger partial charge in [-0.05, 0) is 35.6 Å². The summed E-state index contributed by atoms with van der Waals surface area (Å²) in [5.41, 5.74) is 11.6. The molecule has 1 saturated heterocycles. The van der Waals surface area contributed by atoms with E-state index < -0.39 is 0 Å². The van der Waals surface area contributed by atoms with Crippen LogP contribution in [0.15, 0.2) is 59.9 Å². The highest BCUT2D eigenvalue weighted by atomic mass is 16.5. The standard InChI is InChI=1S/C34H49N7O3/c1-4-5-15-36-34(35)38-33(42)14-10-27-9-13-31(32(22-27)44-21-6-20-43-3)30-11-7-28(8-12-30)25-40-16-18-41(19-17-40)26-29-23-37-39(2)24-29/h7-9,11-13,22-24H,4-6,10,14-21,25-26H2,1-3H3,(H3,35,36,38,42). The Balaban J connectivity index is 1.33. The van der Waals surface area contributed by atoms with Crippen molar-refractivity contribution in [3.8, 4) is 16.9 Å². The van der Waals surface area contributed by atoms with E-state index in [9.17, 15) is 4.79 Å². The Hall–Kier alpha value is -3.73. The van der Waals surface area contributed by atoms with Gasteiger partial charge >= 0.3 is 0 Å². The van der Waals surface area contributed by atoms with Crippen LogP contribution in [0.25, 0.3) is 11.1 Å². The summed E-state index contributed by atoms with van der Waals surface area (Å²) in [6.45, 7) is 10.0. The molecule has 2 heterocycles. The Kier molecular flexibility index (Phi) is 13.2. The first-order chi connectivity index (χ1) is 21.4. The van der Waals surface area contributed by atoms with Gasteiger partial charge in [-0.1, -0.05) is 49.7 Å². The molecule has 10 nitrogen and oxygen atoms in total. The minimum atomic E-state index is -0.139. The molecule has 238 valence electrons. The third kappa shape index (κ3) is 10.8. The van der Waals surface area contributed by atoms with E-state index in [0.29, 0.717) is 32.6 Å². The molecule has 0 saturated carbocycles. The number of carbonyl (C=O) groups is 1. The fourth-order valence-corrected chi connectivity index (χ4v) is 5.29. The minimum absolute atomic E-state index is 0.139. The van der Waals surface area contributed by atoms with Crippen molar-refractivity contribution < 1.29 is 14.3 Å². The van der Waals surface area contributed by atoms with E-state index in [1.54, 1.807) is 7.11 Å². The van der Waals surface area contributed by atoms with Gasteiger partial charge in [-0.2, -0.15) is 5.10 Å². The Morgan fingerprint density at radius 2 is 1.68 bits per heavy atom. The van der Waals surface area contributed by atoms with Crippen LogP contribution in [0.4, 0.5) is 0 Å². The molecule has 2 aromatic carbocycles. The van der Waals surface area contributed by atoms with Crippen molar-refractivity contribution in [3.05, 3.63) is 71.5 Å². The van der Waals surface area contributed by atoms with Crippen molar-refractivity contribution in [3.63, 3.8) is 0 Å². The van der Waals surface area contributed by atoms with Gasteiger partial charge in [-0.15, -0.1) is 0 Å². The zero-order valence-corrected chi connectivity index (χ0v) is 26.6. The number of guanidine groups is 1. The van der Waals surface area contributed by atoms with E-state index in [4.69, 9.17) is 15.2 Å². The average molecular weight is 604 g/mol. The molecule has 1 aliphatic heterocycles. The topological polar surface area (TPSA) is 110 Å². The van der Waals surface area contributed by atoms with E-state index >= 15 is 0 Å². The monoisotopic (exact) mass is 603 g/mol. The molecular formula is C34H49N7O3. The second-order valence-corrected chi connectivity index (χ2v) is 11.5. The molecule has 1 aliphatic rings. The van der Waals surface area contributed by atoms with Crippen molar-refractivity contribution in [1.29, 1.82) is 0 Å². The molecule has 0 radical (unpaired) electrons. The third-order valence-electron chi connectivity index (χ3n) is 7.80. The maximum absolute atomic E-state index is 12.4. The molecule has 0 spiro atoms. The third-order valence-corrected chi connectivity index (χ3v) is 7.80. The lowest BCUT2D eigenvalue weighted by Gasteiger charge is -2.34. The van der Waals surface area contributed by atoms with Crippen LogP contribution >= 0.6 is 0 Å². The van der Waals surface area contributed by atoms with Crippen LogP contribution in [0.1, 0.15) is 49.3 Å². The number of benzene rings is 2. The number of piperazine rings is 1. The maximum Gasteiger partial charge on any atom is 0.226 e. The largest absolute Gasteiger partial charge is 0.493 e. The Labute approximate surface area is 262 Å². The molecule has 3 aromatic rings. The smallest absolute Gasteiger partial charge is 0.226 e. The molecular weight excluding hydrogens is 554 g/mol. The molecule has 4 rings (SSSR count). The van der Waals surface area contributed by atoms with Crippen molar-refractivity contribution >= 4 is 11.9 Å². The highest BCUT2D eigenvalue weighted by Gasteiger charge is 2.18. The number of nitrogens with one attached hydrogen (secondary N) is 1. The summed E-state index contributed by atoms with van der Waals surface area (Å²) < 4.78 is 13.3. The van der Waals surface area contributed by atoms with Crippen LogP contribution in [-0.2, 0) is 36.1 Å². The number of nitrogens with zero attached hydrogens (tertiary/aromatic N) is 5. The van der Waals surface area contributed by atoms with Gasteiger partial charge in [0.25, 0.3) is 0 Å². The molecule has 1 fully saturated rings. The highest BCUT2D eigenvalue weighted by Crippen LogP contribution is 2.32. The normalized spacial score (nSPS) is 14.6. The van der Waals surface area contributed by atoms with E-state index in [1.165, 1.54) is 11.1 Å². The molecule has 0 unspecified atom stereocenters. The number of methoxy groups -OCH3 is 1. The van der Waals surface area contributed by atoms with Crippen molar-refractivity contribution in [1.82, 2.24) is 24.9 Å². The predicted molar refractivity (Wildman–Crippen MR) is 175 cm³/mol. The second kappa shape index (κ2) is 17.5. The van der Waals surface area contributed by atoms with Crippen molar-refractivity contribution in [2.24, 2.45) is 17.8 Å². The first-order valence-electron chi connectivity index (χ1n) is 15.8. The van der Waals surface area contributed by atoms with Gasteiger partial charge < -0.3 is 15.2 Å². The van der Waals surface area contributed by atoms with E-state index in [-0.39, 0.29) is 11.9 Å². The minimum Gasteiger partial charge on any atom is -0.493 e. The second-order valence-electron chi connectivity index (χ2n) is 11.5. The van der Waals surface area contributed by atoms with Gasteiger partial charge in [-0.25, -0.2) is 0 Å². The molecule has 44 heavy (non-hydrogen) atoms. The van der Waals surface area contributed by atoms with Gasteiger partial charge in [0.05, 0.1) is 12.8 Å². The van der Waals surface area contributed by atoms with Crippen LogP contribution < -0.4 is 15.8 Å². The molecule has 0 bridgehead atoms. The number of aryl methyl sites for hydroxylation is 2. The lowest BCUT2D eigenvalue weighted by atomic mass is 9.99. The first-order valence-corrected chi connectivity index (χ1v) is 15.8. The number of hydrogen-bond donors (Lipinski definition) is 2. The van der Waals surface area contributed by atoms with Crippen LogP contribution in [0.3, 0.4) is 0 Å². The molecule has 1 aromatic heterocycles. The summed E-state index contributed by atoms with van der Waals surface area (Å²) in [5, 5.41) is 6.98. The Morgan fingerprint density at radius 3 is 2.34 bits per heavy atom. The van der Waals surface area contributed by atoms with Gasteiger partial charge in [-0.3, -0.25) is 29.6 Å². The number of aliphatic imine (C=N–C) groups is 1. The first kappa shape index (κ1) is 33.2. The summed E-state index contributed by atoms with van der Waals surface area (Å²) in [6, 6.07) is 15.0. The Bertz CT molecular complexity index is 1330. The summed E-state index contributed by atoms with van der Waals surface area (Å²) in [7, 11) is 3.66. The molecule has 0 aliphatic carbocycles. The predicted octanol–water partition coefficient (Wildman–Crippen LogP) is 3.98. The zero-order valence-electron chi connectivity index (χ0n) is 26.6. The number of nitrogens with two attached hydrogens (primary N) is 1. The van der Waals surface area contributed by atoms with Gasteiger partial charge in [0.2, 0.25) is 5.91 Å². The van der Waals surface area contributed by atoms with Crippen LogP contribution in [-0.4, -0.2) is 84.5 Å². The van der Waals surface area contributed by atoms with Crippen molar-refractivity contribution in [2.45, 2.75) is 52.1 Å². The van der Waals surface area contributed by atoms with Crippen LogP contribution in [0, 0.1) is 0 Å². The fraction of sp³-hybridized carbons (Fsp3) is 0.500. The maximum atomic E-state index is 12.4. The van der Waals surface area contributed by atoms with Crippen LogP contribution in [0.2, 0.25) is 0 Å².